The number of amides is 1. The van der Waals surface area contributed by atoms with Gasteiger partial charge >= 0.3 is 0 Å². The molecule has 0 unspecified atom stereocenters. The Kier molecular flexibility index (Phi) is 5.14. The molecule has 3 N–H and O–H groups in total. The van der Waals surface area contributed by atoms with Gasteiger partial charge in [-0.3, -0.25) is 4.79 Å². The average Bonchev–Trinajstić information content (AvgIpc) is 2.46. The number of halogens is 1. The molecule has 0 aromatic heterocycles. The van der Waals surface area contributed by atoms with Crippen molar-refractivity contribution in [2.24, 2.45) is 5.73 Å². The van der Waals surface area contributed by atoms with Crippen LogP contribution in [-0.2, 0) is 4.79 Å². The van der Waals surface area contributed by atoms with Crippen molar-refractivity contribution >= 4 is 40.4 Å². The summed E-state index contributed by atoms with van der Waals surface area (Å²) in [6.07, 6.45) is 0. The molecule has 1 amide bonds. The second kappa shape index (κ2) is 7.06. The summed E-state index contributed by atoms with van der Waals surface area (Å²) in [5, 5.41) is 3.16. The lowest BCUT2D eigenvalue weighted by molar-refractivity contribution is -0.118. The van der Waals surface area contributed by atoms with Crippen molar-refractivity contribution in [1.82, 2.24) is 0 Å². The molecular weight excluding hydrogens is 308 g/mol. The largest absolute Gasteiger partial charge is 0.482 e. The van der Waals surface area contributed by atoms with Gasteiger partial charge in [-0.25, -0.2) is 0 Å². The number of carbonyl (C=O) groups excluding carboxylic acids is 1. The van der Waals surface area contributed by atoms with Crippen molar-refractivity contribution in [3.63, 3.8) is 0 Å². The van der Waals surface area contributed by atoms with Gasteiger partial charge in [0.2, 0.25) is 0 Å². The van der Waals surface area contributed by atoms with Crippen molar-refractivity contribution in [2.45, 2.75) is 0 Å². The lowest BCUT2D eigenvalue weighted by Crippen LogP contribution is -2.20. The van der Waals surface area contributed by atoms with Crippen LogP contribution in [0.15, 0.2) is 48.5 Å². The molecule has 2 aromatic rings. The fourth-order valence-electron chi connectivity index (χ4n) is 1.65. The van der Waals surface area contributed by atoms with Gasteiger partial charge in [0, 0.05) is 11.3 Å². The Morgan fingerprint density at radius 2 is 2.00 bits per heavy atom. The summed E-state index contributed by atoms with van der Waals surface area (Å²) in [5.74, 6) is 0.168. The van der Waals surface area contributed by atoms with E-state index in [0.29, 0.717) is 22.0 Å². The van der Waals surface area contributed by atoms with E-state index in [4.69, 9.17) is 34.3 Å². The maximum Gasteiger partial charge on any atom is 0.262 e. The first-order chi connectivity index (χ1) is 10.1. The highest BCUT2D eigenvalue weighted by molar-refractivity contribution is 7.80. The molecule has 0 spiro atoms. The van der Waals surface area contributed by atoms with Crippen LogP contribution in [0.5, 0.6) is 5.75 Å². The Morgan fingerprint density at radius 3 is 2.71 bits per heavy atom. The van der Waals surface area contributed by atoms with Crippen LogP contribution in [0.25, 0.3) is 0 Å². The van der Waals surface area contributed by atoms with E-state index in [1.807, 2.05) is 0 Å². The van der Waals surface area contributed by atoms with Crippen LogP contribution in [-0.4, -0.2) is 17.5 Å². The van der Waals surface area contributed by atoms with Gasteiger partial charge in [0.1, 0.15) is 10.7 Å². The van der Waals surface area contributed by atoms with Crippen LogP contribution in [0.4, 0.5) is 5.69 Å². The zero-order chi connectivity index (χ0) is 15.2. The number of thiocarbonyl (C=S) groups is 1. The summed E-state index contributed by atoms with van der Waals surface area (Å²) in [6, 6.07) is 14.0. The molecule has 108 valence electrons. The van der Waals surface area contributed by atoms with E-state index in [0.717, 1.165) is 0 Å². The van der Waals surface area contributed by atoms with Gasteiger partial charge in [-0.05, 0) is 24.3 Å². The molecule has 0 fully saturated rings. The molecule has 0 heterocycles. The maximum atomic E-state index is 11.8. The van der Waals surface area contributed by atoms with Gasteiger partial charge in [-0.1, -0.05) is 48.1 Å². The number of benzene rings is 2. The number of hydrogen-bond donors (Lipinski definition) is 2. The molecule has 0 aliphatic carbocycles. The third-order valence-electron chi connectivity index (χ3n) is 2.63. The highest BCUT2D eigenvalue weighted by Crippen LogP contribution is 2.22. The Hall–Kier alpha value is -2.11. The van der Waals surface area contributed by atoms with E-state index < -0.39 is 0 Å². The van der Waals surface area contributed by atoms with Crippen LogP contribution >= 0.6 is 23.8 Å². The Balaban J connectivity index is 1.95. The molecule has 21 heavy (non-hydrogen) atoms. The molecule has 2 aromatic carbocycles. The quantitative estimate of drug-likeness (QED) is 0.831. The van der Waals surface area contributed by atoms with Crippen LogP contribution in [0, 0.1) is 0 Å². The molecule has 2 rings (SSSR count). The Morgan fingerprint density at radius 1 is 1.24 bits per heavy atom. The van der Waals surface area contributed by atoms with E-state index in [1.54, 1.807) is 48.5 Å². The van der Waals surface area contributed by atoms with E-state index in [2.05, 4.69) is 5.32 Å². The number of rotatable bonds is 5. The third-order valence-corrected chi connectivity index (χ3v) is 3.17. The Labute approximate surface area is 132 Å². The smallest absolute Gasteiger partial charge is 0.262 e. The highest BCUT2D eigenvalue weighted by atomic mass is 35.5. The number of hydrogen-bond acceptors (Lipinski definition) is 3. The molecule has 0 bridgehead atoms. The fourth-order valence-corrected chi connectivity index (χ4v) is 1.97. The summed E-state index contributed by atoms with van der Waals surface area (Å²) in [4.78, 5) is 12.1. The average molecular weight is 321 g/mol. The van der Waals surface area contributed by atoms with Crippen LogP contribution in [0.3, 0.4) is 0 Å². The van der Waals surface area contributed by atoms with Crippen molar-refractivity contribution < 1.29 is 9.53 Å². The van der Waals surface area contributed by atoms with Gasteiger partial charge in [-0.15, -0.1) is 0 Å². The van der Waals surface area contributed by atoms with E-state index in [1.165, 1.54) is 0 Å². The summed E-state index contributed by atoms with van der Waals surface area (Å²) in [7, 11) is 0. The van der Waals surface area contributed by atoms with Crippen LogP contribution < -0.4 is 15.8 Å². The second-order valence-electron chi connectivity index (χ2n) is 4.21. The van der Waals surface area contributed by atoms with Gasteiger partial charge in [0.25, 0.3) is 5.91 Å². The van der Waals surface area contributed by atoms with Crippen LogP contribution in [0.2, 0.25) is 5.02 Å². The molecule has 0 saturated carbocycles. The van der Waals surface area contributed by atoms with Crippen molar-refractivity contribution in [3.8, 4) is 5.75 Å². The van der Waals surface area contributed by atoms with Crippen molar-refractivity contribution in [2.75, 3.05) is 11.9 Å². The number of ether oxygens (including phenoxy) is 1. The second-order valence-corrected chi connectivity index (χ2v) is 5.06. The standard InChI is InChI=1S/C15H13ClN2O2S/c16-12-6-1-2-7-13(12)20-9-14(19)18-11-5-3-4-10(8-11)15(17)21/h1-8H,9H2,(H2,17,21)(H,18,19). The first kappa shape index (κ1) is 15.3. The van der Waals surface area contributed by atoms with E-state index in [9.17, 15) is 4.79 Å². The molecule has 0 saturated heterocycles. The third kappa shape index (κ3) is 4.44. The first-order valence-electron chi connectivity index (χ1n) is 6.13. The number of carbonyl (C=O) groups is 1. The topological polar surface area (TPSA) is 64.3 Å². The molecular formula is C15H13ClN2O2S. The number of para-hydroxylation sites is 1. The van der Waals surface area contributed by atoms with E-state index in [-0.39, 0.29) is 17.5 Å². The molecule has 0 atom stereocenters. The predicted molar refractivity (Wildman–Crippen MR) is 87.9 cm³/mol. The van der Waals surface area contributed by atoms with Crippen LogP contribution in [0.1, 0.15) is 5.56 Å². The van der Waals surface area contributed by atoms with Gasteiger partial charge in [-0.2, -0.15) is 0 Å². The Bertz CT molecular complexity index is 676. The van der Waals surface area contributed by atoms with Gasteiger partial charge < -0.3 is 15.8 Å². The monoisotopic (exact) mass is 320 g/mol. The van der Waals surface area contributed by atoms with Crippen molar-refractivity contribution in [3.05, 3.63) is 59.1 Å². The molecule has 4 nitrogen and oxygen atoms in total. The minimum absolute atomic E-state index is 0.138. The zero-order valence-electron chi connectivity index (χ0n) is 11.0. The predicted octanol–water partition coefficient (Wildman–Crippen LogP) is 2.99. The minimum Gasteiger partial charge on any atom is -0.482 e. The maximum absolute atomic E-state index is 11.8. The van der Waals surface area contributed by atoms with E-state index >= 15 is 0 Å². The minimum atomic E-state index is -0.296. The molecule has 0 aliphatic rings. The summed E-state index contributed by atoms with van der Waals surface area (Å²) >= 11 is 10.8. The fraction of sp³-hybridized carbons (Fsp3) is 0.0667. The zero-order valence-corrected chi connectivity index (χ0v) is 12.6. The van der Waals surface area contributed by atoms with Crippen molar-refractivity contribution in [1.29, 1.82) is 0 Å². The number of nitrogens with one attached hydrogen (secondary N) is 1. The molecule has 6 heteroatoms. The number of nitrogens with two attached hydrogens (primary N) is 1. The lowest BCUT2D eigenvalue weighted by atomic mass is 10.2. The summed E-state index contributed by atoms with van der Waals surface area (Å²) in [5.41, 5.74) is 6.84. The summed E-state index contributed by atoms with van der Waals surface area (Å²) < 4.78 is 5.35. The summed E-state index contributed by atoms with van der Waals surface area (Å²) in [6.45, 7) is -0.138. The van der Waals surface area contributed by atoms with Gasteiger partial charge in [0.05, 0.1) is 5.02 Å². The SMILES string of the molecule is NC(=S)c1cccc(NC(=O)COc2ccccc2Cl)c1. The normalized spacial score (nSPS) is 9.95. The lowest BCUT2D eigenvalue weighted by Gasteiger charge is -2.09. The van der Waals surface area contributed by atoms with Gasteiger partial charge in [0.15, 0.2) is 6.61 Å². The molecule has 0 aliphatic heterocycles. The highest BCUT2D eigenvalue weighted by Gasteiger charge is 2.06. The molecule has 0 radical (unpaired) electrons. The number of anilines is 1. The first-order valence-corrected chi connectivity index (χ1v) is 6.92.